The van der Waals surface area contributed by atoms with Gasteiger partial charge >= 0.3 is 0 Å². The number of pyridine rings is 1. The summed E-state index contributed by atoms with van der Waals surface area (Å²) >= 11 is 0. The van der Waals surface area contributed by atoms with Crippen LogP contribution in [0.15, 0.2) is 217 Å². The van der Waals surface area contributed by atoms with E-state index < -0.39 is 0 Å². The highest BCUT2D eigenvalue weighted by Crippen LogP contribution is 2.44. The summed E-state index contributed by atoms with van der Waals surface area (Å²) in [5.74, 6) is 2.88. The Morgan fingerprint density at radius 3 is 1.61 bits per heavy atom. The molecule has 302 valence electrons. The Morgan fingerprint density at radius 1 is 0.406 bits per heavy atom. The Hall–Kier alpha value is -8.48. The second kappa shape index (κ2) is 15.8. The molecule has 0 aliphatic carbocycles. The van der Waals surface area contributed by atoms with Crippen LogP contribution in [-0.2, 0) is 12.8 Å². The number of hydrogen-bond acceptors (Lipinski definition) is 5. The van der Waals surface area contributed by atoms with Crippen molar-refractivity contribution in [1.82, 2.24) is 24.5 Å². The van der Waals surface area contributed by atoms with Crippen LogP contribution in [0.4, 0.5) is 0 Å². The van der Waals surface area contributed by atoms with Crippen LogP contribution in [0.1, 0.15) is 11.4 Å². The number of hydrogen-bond donors (Lipinski definition) is 0. The fraction of sp³-hybridized carbons (Fsp3) is 0.0345. The molecule has 0 amide bonds. The molecule has 6 heteroatoms. The maximum Gasteiger partial charge on any atom is 0.163 e. The minimum atomic E-state index is 0.555. The van der Waals surface area contributed by atoms with E-state index in [0.29, 0.717) is 30.3 Å². The Morgan fingerprint density at radius 2 is 0.969 bits per heavy atom. The fourth-order valence-corrected chi connectivity index (χ4v) is 9.32. The van der Waals surface area contributed by atoms with Gasteiger partial charge in [-0.25, -0.2) is 19.9 Å². The number of aryl methyl sites for hydroxylation is 2. The summed E-state index contributed by atoms with van der Waals surface area (Å²) in [7, 11) is 0. The van der Waals surface area contributed by atoms with E-state index in [1.807, 2.05) is 48.5 Å². The summed E-state index contributed by atoms with van der Waals surface area (Å²) in [5, 5.41) is 4.49. The van der Waals surface area contributed by atoms with E-state index in [4.69, 9.17) is 24.4 Å². The summed E-state index contributed by atoms with van der Waals surface area (Å²) in [6, 6.07) is 71.8. The van der Waals surface area contributed by atoms with Gasteiger partial charge in [-0.05, 0) is 70.1 Å². The lowest BCUT2D eigenvalue weighted by Crippen LogP contribution is -2.08. The van der Waals surface area contributed by atoms with Crippen molar-refractivity contribution >= 4 is 43.7 Å². The van der Waals surface area contributed by atoms with E-state index in [1.54, 1.807) is 0 Å². The van der Waals surface area contributed by atoms with Crippen LogP contribution in [-0.4, -0.2) is 24.5 Å². The maximum atomic E-state index is 6.44. The van der Waals surface area contributed by atoms with E-state index >= 15 is 0 Å². The van der Waals surface area contributed by atoms with Gasteiger partial charge in [0.1, 0.15) is 22.8 Å². The third-order valence-corrected chi connectivity index (χ3v) is 12.2. The van der Waals surface area contributed by atoms with Gasteiger partial charge in [0.15, 0.2) is 11.6 Å². The molecule has 64 heavy (non-hydrogen) atoms. The van der Waals surface area contributed by atoms with Crippen molar-refractivity contribution in [1.29, 1.82) is 0 Å². The van der Waals surface area contributed by atoms with Gasteiger partial charge in [-0.15, -0.1) is 0 Å². The van der Waals surface area contributed by atoms with Gasteiger partial charge in [-0.1, -0.05) is 176 Å². The van der Waals surface area contributed by atoms with Crippen molar-refractivity contribution in [3.63, 3.8) is 0 Å². The number of aromatic nitrogens is 5. The first kappa shape index (κ1) is 37.3. The molecule has 0 spiro atoms. The largest absolute Gasteiger partial charge is 0.456 e. The monoisotopic (exact) mass is 821 g/mol. The first-order valence-corrected chi connectivity index (χ1v) is 21.7. The molecule has 4 heterocycles. The van der Waals surface area contributed by atoms with Gasteiger partial charge in [0.25, 0.3) is 0 Å². The maximum absolute atomic E-state index is 6.44. The summed E-state index contributed by atoms with van der Waals surface area (Å²) in [6.45, 7) is 0. The standard InChI is InChI=1S/C58H39N5O/c1-5-18-38(19-6-1)44-28-17-29-45(39-20-7-2-8-21-39)53(44)43-36-42(32-35-52-60-56(40-22-9-3-10-23-40)62-57(61-52)41-24-11-4-12-25-41)58(59-37-43)63-48-30-15-13-26-46(48)54-49(63)33-34-51-55(54)47-27-14-16-31-50(47)64-51/h1-31,33-34,36-37H,32,35H2. The lowest BCUT2D eigenvalue weighted by molar-refractivity contribution is 0.669. The van der Waals surface area contributed by atoms with E-state index in [9.17, 15) is 0 Å². The molecule has 0 N–H and O–H groups in total. The van der Waals surface area contributed by atoms with E-state index in [1.165, 1.54) is 0 Å². The van der Waals surface area contributed by atoms with Crippen LogP contribution in [0.3, 0.4) is 0 Å². The molecule has 8 aromatic carbocycles. The summed E-state index contributed by atoms with van der Waals surface area (Å²) in [5.41, 5.74) is 13.6. The minimum Gasteiger partial charge on any atom is -0.456 e. The van der Waals surface area contributed by atoms with Gasteiger partial charge in [-0.2, -0.15) is 0 Å². The number of furan rings is 1. The Balaban J connectivity index is 1.09. The summed E-state index contributed by atoms with van der Waals surface area (Å²) in [6.07, 6.45) is 3.23. The molecule has 12 aromatic rings. The summed E-state index contributed by atoms with van der Waals surface area (Å²) in [4.78, 5) is 20.8. The van der Waals surface area contributed by atoms with E-state index in [2.05, 4.69) is 168 Å². The molecule has 0 saturated heterocycles. The predicted octanol–water partition coefficient (Wildman–Crippen LogP) is 14.4. The zero-order chi connectivity index (χ0) is 42.4. The first-order valence-electron chi connectivity index (χ1n) is 21.7. The molecule has 6 nitrogen and oxygen atoms in total. The van der Waals surface area contributed by atoms with Gasteiger partial charge in [0.2, 0.25) is 0 Å². The molecule has 0 saturated carbocycles. The highest BCUT2D eigenvalue weighted by Gasteiger charge is 2.23. The van der Waals surface area contributed by atoms with Crippen LogP contribution < -0.4 is 0 Å². The second-order valence-corrected chi connectivity index (χ2v) is 16.1. The van der Waals surface area contributed by atoms with Crippen LogP contribution in [0.25, 0.3) is 106 Å². The van der Waals surface area contributed by atoms with Crippen molar-refractivity contribution in [3.8, 4) is 62.0 Å². The molecular weight excluding hydrogens is 783 g/mol. The number of para-hydroxylation sites is 2. The zero-order valence-electron chi connectivity index (χ0n) is 34.8. The van der Waals surface area contributed by atoms with Gasteiger partial charge in [-0.3, -0.25) is 4.57 Å². The average Bonchev–Trinajstić information content (AvgIpc) is 3.92. The van der Waals surface area contributed by atoms with Crippen LogP contribution in [0.2, 0.25) is 0 Å². The van der Waals surface area contributed by atoms with Crippen LogP contribution in [0, 0.1) is 0 Å². The quantitative estimate of drug-likeness (QED) is 0.145. The predicted molar refractivity (Wildman–Crippen MR) is 260 cm³/mol. The van der Waals surface area contributed by atoms with Gasteiger partial charge < -0.3 is 4.42 Å². The highest BCUT2D eigenvalue weighted by atomic mass is 16.3. The zero-order valence-corrected chi connectivity index (χ0v) is 34.8. The Labute approximate surface area is 369 Å². The number of nitrogens with zero attached hydrogens (tertiary/aromatic N) is 5. The third kappa shape index (κ3) is 6.52. The van der Waals surface area contributed by atoms with Crippen molar-refractivity contribution < 1.29 is 4.42 Å². The SMILES string of the molecule is c1ccc(-c2nc(CCc3cc(-c4c(-c5ccccc5)cccc4-c4ccccc4)cnc3-n3c4ccccc4c4c5c(ccc43)oc3ccccc35)nc(-c3ccccc3)n2)cc1. The van der Waals surface area contributed by atoms with Crippen LogP contribution >= 0.6 is 0 Å². The molecule has 0 atom stereocenters. The molecule has 0 radical (unpaired) electrons. The number of fused-ring (bicyclic) bond motifs is 7. The average molecular weight is 822 g/mol. The fourth-order valence-electron chi connectivity index (χ4n) is 9.32. The topological polar surface area (TPSA) is 69.6 Å². The molecule has 4 aromatic heterocycles. The molecule has 0 unspecified atom stereocenters. The number of rotatable bonds is 9. The molecular formula is C58H39N5O. The van der Waals surface area contributed by atoms with Crippen LogP contribution in [0.5, 0.6) is 0 Å². The lowest BCUT2D eigenvalue weighted by Gasteiger charge is -2.19. The normalized spacial score (nSPS) is 11.6. The molecule has 0 bridgehead atoms. The number of benzene rings is 8. The highest BCUT2D eigenvalue weighted by molar-refractivity contribution is 6.27. The van der Waals surface area contributed by atoms with Crippen molar-refractivity contribution in [2.75, 3.05) is 0 Å². The second-order valence-electron chi connectivity index (χ2n) is 16.1. The van der Waals surface area contributed by atoms with Gasteiger partial charge in [0.05, 0.1) is 11.0 Å². The molecule has 0 aliphatic heterocycles. The Kier molecular flexibility index (Phi) is 9.19. The van der Waals surface area contributed by atoms with E-state index in [-0.39, 0.29) is 0 Å². The molecule has 0 aliphatic rings. The lowest BCUT2D eigenvalue weighted by atomic mass is 9.87. The first-order chi connectivity index (χ1) is 31.7. The molecule has 0 fully saturated rings. The summed E-state index contributed by atoms with van der Waals surface area (Å²) < 4.78 is 8.77. The Bertz CT molecular complexity index is 3540. The van der Waals surface area contributed by atoms with Crippen molar-refractivity contribution in [2.45, 2.75) is 12.8 Å². The minimum absolute atomic E-state index is 0.555. The van der Waals surface area contributed by atoms with Crippen molar-refractivity contribution in [2.24, 2.45) is 0 Å². The molecule has 12 rings (SSSR count). The van der Waals surface area contributed by atoms with Crippen molar-refractivity contribution in [3.05, 3.63) is 224 Å². The third-order valence-electron chi connectivity index (χ3n) is 12.2. The van der Waals surface area contributed by atoms with Gasteiger partial charge in [0, 0.05) is 50.9 Å². The van der Waals surface area contributed by atoms with E-state index in [0.717, 1.165) is 99.6 Å². The smallest absolute Gasteiger partial charge is 0.163 e.